The second-order valence-corrected chi connectivity index (χ2v) is 4.49. The molecule has 0 amide bonds. The first-order valence-electron chi connectivity index (χ1n) is 6.66. The van der Waals surface area contributed by atoms with Crippen molar-refractivity contribution in [3.63, 3.8) is 0 Å². The number of rotatable bonds is 6. The summed E-state index contributed by atoms with van der Waals surface area (Å²) in [4.78, 5) is 0. The Balaban J connectivity index is 2.00. The predicted molar refractivity (Wildman–Crippen MR) is 76.4 cm³/mol. The SMILES string of the molecule is CCOc1cccc(OCC(N)c2ccc(F)cc2F)c1. The van der Waals surface area contributed by atoms with Crippen molar-refractivity contribution in [3.05, 3.63) is 59.7 Å². The fraction of sp³-hybridized carbons (Fsp3) is 0.250. The maximum absolute atomic E-state index is 13.6. The zero-order valence-electron chi connectivity index (χ0n) is 11.7. The summed E-state index contributed by atoms with van der Waals surface area (Å²) >= 11 is 0. The highest BCUT2D eigenvalue weighted by molar-refractivity contribution is 5.33. The van der Waals surface area contributed by atoms with Gasteiger partial charge in [-0.1, -0.05) is 12.1 Å². The summed E-state index contributed by atoms with van der Waals surface area (Å²) in [5.74, 6) is -0.0293. The summed E-state index contributed by atoms with van der Waals surface area (Å²) in [5.41, 5.74) is 6.09. The van der Waals surface area contributed by atoms with E-state index in [1.165, 1.54) is 12.1 Å². The Morgan fingerprint density at radius 2 is 1.76 bits per heavy atom. The number of hydrogen-bond donors (Lipinski definition) is 1. The average molecular weight is 293 g/mol. The molecule has 5 heteroatoms. The first-order valence-corrected chi connectivity index (χ1v) is 6.66. The van der Waals surface area contributed by atoms with Crippen molar-refractivity contribution < 1.29 is 18.3 Å². The highest BCUT2D eigenvalue weighted by atomic mass is 19.1. The molecule has 1 atom stereocenters. The van der Waals surface area contributed by atoms with E-state index in [1.54, 1.807) is 18.2 Å². The molecule has 0 fully saturated rings. The maximum Gasteiger partial charge on any atom is 0.131 e. The van der Waals surface area contributed by atoms with Gasteiger partial charge in [-0.25, -0.2) is 8.78 Å². The topological polar surface area (TPSA) is 44.5 Å². The van der Waals surface area contributed by atoms with Crippen LogP contribution in [0.25, 0.3) is 0 Å². The van der Waals surface area contributed by atoms with Gasteiger partial charge in [-0.05, 0) is 25.1 Å². The Morgan fingerprint density at radius 3 is 2.43 bits per heavy atom. The van der Waals surface area contributed by atoms with Crippen LogP contribution in [0.5, 0.6) is 11.5 Å². The van der Waals surface area contributed by atoms with E-state index >= 15 is 0 Å². The number of benzene rings is 2. The monoisotopic (exact) mass is 293 g/mol. The van der Waals surface area contributed by atoms with E-state index in [4.69, 9.17) is 15.2 Å². The lowest BCUT2D eigenvalue weighted by Gasteiger charge is -2.15. The quantitative estimate of drug-likeness (QED) is 0.887. The first kappa shape index (κ1) is 15.3. The normalized spacial score (nSPS) is 12.0. The maximum atomic E-state index is 13.6. The number of nitrogens with two attached hydrogens (primary N) is 1. The highest BCUT2D eigenvalue weighted by Gasteiger charge is 2.13. The molecule has 0 radical (unpaired) electrons. The molecule has 0 heterocycles. The molecule has 2 N–H and O–H groups in total. The van der Waals surface area contributed by atoms with Gasteiger partial charge < -0.3 is 15.2 Å². The molecule has 0 aliphatic carbocycles. The molecule has 0 saturated heterocycles. The highest BCUT2D eigenvalue weighted by Crippen LogP contribution is 2.22. The van der Waals surface area contributed by atoms with Crippen molar-refractivity contribution in [2.24, 2.45) is 5.73 Å². The molecule has 2 aromatic carbocycles. The van der Waals surface area contributed by atoms with Crippen LogP contribution in [0.1, 0.15) is 18.5 Å². The number of ether oxygens (including phenoxy) is 2. The van der Waals surface area contributed by atoms with Gasteiger partial charge in [-0.2, -0.15) is 0 Å². The van der Waals surface area contributed by atoms with Crippen molar-refractivity contribution in [3.8, 4) is 11.5 Å². The van der Waals surface area contributed by atoms with Gasteiger partial charge in [0.1, 0.15) is 29.7 Å². The van der Waals surface area contributed by atoms with Crippen LogP contribution in [0.4, 0.5) is 8.78 Å². The van der Waals surface area contributed by atoms with Crippen LogP contribution in [0.3, 0.4) is 0 Å². The van der Waals surface area contributed by atoms with E-state index in [0.717, 1.165) is 6.07 Å². The van der Waals surface area contributed by atoms with Gasteiger partial charge in [0.25, 0.3) is 0 Å². The van der Waals surface area contributed by atoms with Crippen LogP contribution in [-0.4, -0.2) is 13.2 Å². The molecule has 2 aromatic rings. The van der Waals surface area contributed by atoms with Gasteiger partial charge in [0, 0.05) is 17.7 Å². The minimum absolute atomic E-state index is 0.0815. The second-order valence-electron chi connectivity index (χ2n) is 4.49. The van der Waals surface area contributed by atoms with Crippen LogP contribution in [0, 0.1) is 11.6 Å². The summed E-state index contributed by atoms with van der Waals surface area (Å²) < 4.78 is 37.3. The molecule has 0 spiro atoms. The van der Waals surface area contributed by atoms with E-state index in [2.05, 4.69) is 0 Å². The summed E-state index contributed by atoms with van der Waals surface area (Å²) in [6, 6.07) is 9.74. The van der Waals surface area contributed by atoms with Gasteiger partial charge in [0.05, 0.1) is 12.6 Å². The van der Waals surface area contributed by atoms with Gasteiger partial charge in [0.2, 0.25) is 0 Å². The Bertz CT molecular complexity index is 605. The molecule has 0 aliphatic heterocycles. The summed E-state index contributed by atoms with van der Waals surface area (Å²) in [6.45, 7) is 2.53. The van der Waals surface area contributed by atoms with E-state index in [0.29, 0.717) is 18.1 Å². The van der Waals surface area contributed by atoms with Crippen LogP contribution >= 0.6 is 0 Å². The zero-order chi connectivity index (χ0) is 15.2. The minimum atomic E-state index is -0.679. The van der Waals surface area contributed by atoms with Gasteiger partial charge in [0.15, 0.2) is 0 Å². The molecule has 0 aromatic heterocycles. The van der Waals surface area contributed by atoms with Crippen LogP contribution in [-0.2, 0) is 0 Å². The number of halogens is 2. The Hall–Kier alpha value is -2.14. The summed E-state index contributed by atoms with van der Waals surface area (Å²) in [5, 5.41) is 0. The van der Waals surface area contributed by atoms with E-state index in [9.17, 15) is 8.78 Å². The molecule has 0 saturated carbocycles. The Morgan fingerprint density at radius 1 is 1.05 bits per heavy atom. The Labute approximate surface area is 122 Å². The van der Waals surface area contributed by atoms with Crippen molar-refractivity contribution in [1.82, 2.24) is 0 Å². The van der Waals surface area contributed by atoms with Crippen molar-refractivity contribution >= 4 is 0 Å². The molecule has 21 heavy (non-hydrogen) atoms. The van der Waals surface area contributed by atoms with Gasteiger partial charge in [-0.15, -0.1) is 0 Å². The summed E-state index contributed by atoms with van der Waals surface area (Å²) in [7, 11) is 0. The van der Waals surface area contributed by atoms with Crippen molar-refractivity contribution in [1.29, 1.82) is 0 Å². The molecule has 0 bridgehead atoms. The largest absolute Gasteiger partial charge is 0.494 e. The Kier molecular flexibility index (Phi) is 5.11. The minimum Gasteiger partial charge on any atom is -0.494 e. The van der Waals surface area contributed by atoms with E-state index in [-0.39, 0.29) is 12.2 Å². The molecule has 1 unspecified atom stereocenters. The fourth-order valence-electron chi connectivity index (χ4n) is 1.90. The standard InChI is InChI=1S/C16H17F2NO2/c1-2-20-12-4-3-5-13(9-12)21-10-16(19)14-7-6-11(17)8-15(14)18/h3-9,16H,2,10,19H2,1H3. The van der Waals surface area contributed by atoms with Crippen LogP contribution < -0.4 is 15.2 Å². The lowest BCUT2D eigenvalue weighted by Crippen LogP contribution is -2.20. The third kappa shape index (κ3) is 4.16. The molecule has 112 valence electrons. The zero-order valence-corrected chi connectivity index (χ0v) is 11.7. The lowest BCUT2D eigenvalue weighted by atomic mass is 10.1. The third-order valence-electron chi connectivity index (χ3n) is 2.91. The van der Waals surface area contributed by atoms with Crippen LogP contribution in [0.2, 0.25) is 0 Å². The first-order chi connectivity index (χ1) is 10.1. The average Bonchev–Trinajstić information content (AvgIpc) is 2.45. The van der Waals surface area contributed by atoms with Crippen LogP contribution in [0.15, 0.2) is 42.5 Å². The molecular formula is C16H17F2NO2. The predicted octanol–water partition coefficient (Wildman–Crippen LogP) is 3.44. The molecular weight excluding hydrogens is 276 g/mol. The van der Waals surface area contributed by atoms with Gasteiger partial charge >= 0.3 is 0 Å². The fourth-order valence-corrected chi connectivity index (χ4v) is 1.90. The number of hydrogen-bond acceptors (Lipinski definition) is 3. The van der Waals surface area contributed by atoms with Gasteiger partial charge in [-0.3, -0.25) is 0 Å². The molecule has 3 nitrogen and oxygen atoms in total. The van der Waals surface area contributed by atoms with Crippen molar-refractivity contribution in [2.45, 2.75) is 13.0 Å². The smallest absolute Gasteiger partial charge is 0.131 e. The van der Waals surface area contributed by atoms with Crippen molar-refractivity contribution in [2.75, 3.05) is 13.2 Å². The third-order valence-corrected chi connectivity index (χ3v) is 2.91. The second kappa shape index (κ2) is 7.04. The molecule has 2 rings (SSSR count). The lowest BCUT2D eigenvalue weighted by molar-refractivity contribution is 0.283. The van der Waals surface area contributed by atoms with E-state index in [1.807, 2.05) is 13.0 Å². The summed E-state index contributed by atoms with van der Waals surface area (Å²) in [6.07, 6.45) is 0. The molecule has 0 aliphatic rings. The van der Waals surface area contributed by atoms with E-state index < -0.39 is 17.7 Å².